The van der Waals surface area contributed by atoms with E-state index in [2.05, 4.69) is 49.2 Å². The van der Waals surface area contributed by atoms with Gasteiger partial charge in [0.25, 0.3) is 5.91 Å². The van der Waals surface area contributed by atoms with Crippen LogP contribution in [0.4, 0.5) is 11.4 Å². The van der Waals surface area contributed by atoms with Crippen LogP contribution >= 0.6 is 0 Å². The lowest BCUT2D eigenvalue weighted by Gasteiger charge is -2.36. The molecule has 4 nitrogen and oxygen atoms in total. The van der Waals surface area contributed by atoms with Crippen LogP contribution in [0.25, 0.3) is 0 Å². The van der Waals surface area contributed by atoms with Crippen molar-refractivity contribution in [3.05, 3.63) is 59.7 Å². The van der Waals surface area contributed by atoms with Crippen LogP contribution < -0.4 is 10.2 Å². The van der Waals surface area contributed by atoms with Crippen molar-refractivity contribution < 1.29 is 4.79 Å². The number of benzene rings is 2. The summed E-state index contributed by atoms with van der Waals surface area (Å²) in [6, 6.07) is 16.5. The van der Waals surface area contributed by atoms with Crippen LogP contribution in [0, 0.1) is 6.92 Å². The summed E-state index contributed by atoms with van der Waals surface area (Å²) in [5.41, 5.74) is 4.45. The van der Waals surface area contributed by atoms with Gasteiger partial charge in [-0.2, -0.15) is 0 Å². The number of hydrogen-bond acceptors (Lipinski definition) is 3. The Morgan fingerprint density at radius 2 is 1.68 bits per heavy atom. The highest BCUT2D eigenvalue weighted by Gasteiger charge is 2.22. The minimum Gasteiger partial charge on any atom is -0.383 e. The van der Waals surface area contributed by atoms with Crippen LogP contribution in [-0.4, -0.2) is 43.0 Å². The summed E-state index contributed by atoms with van der Waals surface area (Å²) in [6.45, 7) is 9.68. The Hall–Kier alpha value is -2.49. The van der Waals surface area contributed by atoms with E-state index in [0.29, 0.717) is 6.04 Å². The van der Waals surface area contributed by atoms with E-state index in [1.54, 1.807) is 0 Å². The Morgan fingerprint density at radius 3 is 2.32 bits per heavy atom. The molecule has 4 heteroatoms. The molecule has 0 radical (unpaired) electrons. The maximum atomic E-state index is 12.6. The van der Waals surface area contributed by atoms with Gasteiger partial charge in [-0.15, -0.1) is 0 Å². The third kappa shape index (κ3) is 4.13. The normalized spacial score (nSPS) is 14.7. The van der Waals surface area contributed by atoms with E-state index in [1.165, 1.54) is 16.9 Å². The molecule has 0 spiro atoms. The van der Waals surface area contributed by atoms with Crippen LogP contribution in [0.3, 0.4) is 0 Å². The van der Waals surface area contributed by atoms with Crippen LogP contribution in [0.15, 0.2) is 48.5 Å². The van der Waals surface area contributed by atoms with Crippen molar-refractivity contribution in [3.63, 3.8) is 0 Å². The van der Waals surface area contributed by atoms with Gasteiger partial charge in [0.15, 0.2) is 0 Å². The van der Waals surface area contributed by atoms with E-state index in [9.17, 15) is 4.79 Å². The Kier molecular flexibility index (Phi) is 5.27. The van der Waals surface area contributed by atoms with Crippen molar-refractivity contribution in [2.45, 2.75) is 26.8 Å². The summed E-state index contributed by atoms with van der Waals surface area (Å²) >= 11 is 0. The number of carbonyl (C=O) groups excluding carboxylic acids is 1. The summed E-state index contributed by atoms with van der Waals surface area (Å²) < 4.78 is 0. The first-order valence-corrected chi connectivity index (χ1v) is 9.01. The molecule has 0 aromatic heterocycles. The Bertz CT molecular complexity index is 719. The SMILES string of the molecule is Cc1ccc(N2CCN(C(=O)c3ccccc3)CC2)cc1NC(C)C. The maximum Gasteiger partial charge on any atom is 0.253 e. The first-order chi connectivity index (χ1) is 12.0. The molecule has 25 heavy (non-hydrogen) atoms. The zero-order valence-corrected chi connectivity index (χ0v) is 15.3. The van der Waals surface area contributed by atoms with Crippen molar-refractivity contribution in [1.29, 1.82) is 0 Å². The highest BCUT2D eigenvalue weighted by Crippen LogP contribution is 2.25. The molecule has 1 aliphatic heterocycles. The van der Waals surface area contributed by atoms with Gasteiger partial charge in [-0.3, -0.25) is 4.79 Å². The van der Waals surface area contributed by atoms with E-state index in [0.717, 1.165) is 31.7 Å². The monoisotopic (exact) mass is 337 g/mol. The molecule has 0 atom stereocenters. The van der Waals surface area contributed by atoms with Crippen molar-refractivity contribution in [3.8, 4) is 0 Å². The lowest BCUT2D eigenvalue weighted by atomic mass is 10.1. The van der Waals surface area contributed by atoms with Gasteiger partial charge in [-0.1, -0.05) is 24.3 Å². The Labute approximate surface area is 150 Å². The fraction of sp³-hybridized carbons (Fsp3) is 0.381. The second kappa shape index (κ2) is 7.60. The van der Waals surface area contributed by atoms with Gasteiger partial charge in [0.2, 0.25) is 0 Å². The number of carbonyl (C=O) groups is 1. The minimum absolute atomic E-state index is 0.131. The Morgan fingerprint density at radius 1 is 1.00 bits per heavy atom. The Balaban J connectivity index is 1.65. The molecule has 0 unspecified atom stereocenters. The summed E-state index contributed by atoms with van der Waals surface area (Å²) in [4.78, 5) is 16.9. The molecule has 1 N–H and O–H groups in total. The van der Waals surface area contributed by atoms with Gasteiger partial charge >= 0.3 is 0 Å². The molecule has 1 amide bonds. The van der Waals surface area contributed by atoms with Crippen molar-refractivity contribution in [2.24, 2.45) is 0 Å². The number of nitrogens with zero attached hydrogens (tertiary/aromatic N) is 2. The summed E-state index contributed by atoms with van der Waals surface area (Å²) in [7, 11) is 0. The molecule has 0 saturated carbocycles. The first-order valence-electron chi connectivity index (χ1n) is 9.01. The third-order valence-electron chi connectivity index (χ3n) is 4.62. The largest absolute Gasteiger partial charge is 0.383 e. The third-order valence-corrected chi connectivity index (χ3v) is 4.62. The highest BCUT2D eigenvalue weighted by atomic mass is 16.2. The van der Waals surface area contributed by atoms with E-state index >= 15 is 0 Å². The smallest absolute Gasteiger partial charge is 0.253 e. The molecule has 1 aliphatic rings. The second-order valence-electron chi connectivity index (χ2n) is 6.94. The van der Waals surface area contributed by atoms with Gasteiger partial charge < -0.3 is 15.1 Å². The standard InChI is InChI=1S/C21H27N3O/c1-16(2)22-20-15-19(10-9-17(20)3)23-11-13-24(14-12-23)21(25)18-7-5-4-6-8-18/h4-10,15-16,22H,11-14H2,1-3H3. The summed E-state index contributed by atoms with van der Waals surface area (Å²) in [5.74, 6) is 0.131. The lowest BCUT2D eigenvalue weighted by Crippen LogP contribution is -2.48. The lowest BCUT2D eigenvalue weighted by molar-refractivity contribution is 0.0747. The molecule has 0 aliphatic carbocycles. The predicted octanol–water partition coefficient (Wildman–Crippen LogP) is 3.78. The van der Waals surface area contributed by atoms with Gasteiger partial charge in [0, 0.05) is 49.2 Å². The summed E-state index contributed by atoms with van der Waals surface area (Å²) in [5, 5.41) is 3.51. The average Bonchev–Trinajstić information content (AvgIpc) is 2.63. The molecular weight excluding hydrogens is 310 g/mol. The van der Waals surface area contributed by atoms with E-state index in [1.807, 2.05) is 35.2 Å². The van der Waals surface area contributed by atoms with E-state index in [4.69, 9.17) is 0 Å². The number of nitrogens with one attached hydrogen (secondary N) is 1. The van der Waals surface area contributed by atoms with Crippen LogP contribution in [0.1, 0.15) is 29.8 Å². The predicted molar refractivity (Wildman–Crippen MR) is 104 cm³/mol. The second-order valence-corrected chi connectivity index (χ2v) is 6.94. The quantitative estimate of drug-likeness (QED) is 0.922. The molecule has 2 aromatic rings. The number of piperazine rings is 1. The van der Waals surface area contributed by atoms with Crippen LogP contribution in [-0.2, 0) is 0 Å². The molecular formula is C21H27N3O. The number of anilines is 2. The molecule has 3 rings (SSSR count). The molecule has 132 valence electrons. The topological polar surface area (TPSA) is 35.6 Å². The molecule has 1 heterocycles. The fourth-order valence-corrected chi connectivity index (χ4v) is 3.20. The maximum absolute atomic E-state index is 12.6. The summed E-state index contributed by atoms with van der Waals surface area (Å²) in [6.07, 6.45) is 0. The van der Waals surface area contributed by atoms with Crippen LogP contribution in [0.5, 0.6) is 0 Å². The molecule has 1 fully saturated rings. The average molecular weight is 337 g/mol. The molecule has 1 saturated heterocycles. The van der Waals surface area contributed by atoms with Crippen molar-refractivity contribution in [2.75, 3.05) is 36.4 Å². The number of amides is 1. The van der Waals surface area contributed by atoms with Gasteiger partial charge in [-0.05, 0) is 50.6 Å². The highest BCUT2D eigenvalue weighted by molar-refractivity contribution is 5.94. The van der Waals surface area contributed by atoms with Gasteiger partial charge in [-0.25, -0.2) is 0 Å². The van der Waals surface area contributed by atoms with Crippen LogP contribution in [0.2, 0.25) is 0 Å². The zero-order chi connectivity index (χ0) is 17.8. The fourth-order valence-electron chi connectivity index (χ4n) is 3.20. The minimum atomic E-state index is 0.131. The van der Waals surface area contributed by atoms with E-state index in [-0.39, 0.29) is 5.91 Å². The number of rotatable bonds is 4. The number of hydrogen-bond donors (Lipinski definition) is 1. The van der Waals surface area contributed by atoms with Gasteiger partial charge in [0.05, 0.1) is 0 Å². The van der Waals surface area contributed by atoms with Crippen molar-refractivity contribution >= 4 is 17.3 Å². The molecule has 0 bridgehead atoms. The van der Waals surface area contributed by atoms with E-state index < -0.39 is 0 Å². The molecule has 2 aromatic carbocycles. The number of aryl methyl sites for hydroxylation is 1. The van der Waals surface area contributed by atoms with Crippen molar-refractivity contribution in [1.82, 2.24) is 4.90 Å². The van der Waals surface area contributed by atoms with Gasteiger partial charge in [0.1, 0.15) is 0 Å². The first kappa shape index (κ1) is 17.3. The zero-order valence-electron chi connectivity index (χ0n) is 15.3.